The summed E-state index contributed by atoms with van der Waals surface area (Å²) in [5.74, 6) is 0. The zero-order valence-electron chi connectivity index (χ0n) is 10.0. The molecule has 0 aliphatic heterocycles. The van der Waals surface area contributed by atoms with Crippen LogP contribution in [0.4, 0.5) is 0 Å². The van der Waals surface area contributed by atoms with Crippen molar-refractivity contribution in [3.63, 3.8) is 0 Å². The summed E-state index contributed by atoms with van der Waals surface area (Å²) in [5, 5.41) is 9.85. The molecule has 2 N–H and O–H groups in total. The fraction of sp³-hybridized carbons (Fsp3) is 0.455. The van der Waals surface area contributed by atoms with Crippen LogP contribution in [0.15, 0.2) is 22.6 Å². The predicted molar refractivity (Wildman–Crippen MR) is 76.8 cm³/mol. The Morgan fingerprint density at radius 1 is 1.59 bits per heavy atom. The highest BCUT2D eigenvalue weighted by Gasteiger charge is 2.02. The fourth-order valence-corrected chi connectivity index (χ4v) is 2.11. The first kappa shape index (κ1) is 14.1. The first-order chi connectivity index (χ1) is 8.27. The third kappa shape index (κ3) is 5.25. The summed E-state index contributed by atoms with van der Waals surface area (Å²) in [6.07, 6.45) is 0.869. The van der Waals surface area contributed by atoms with Crippen molar-refractivity contribution >= 4 is 34.4 Å². The van der Waals surface area contributed by atoms with Gasteiger partial charge in [-0.1, -0.05) is 13.0 Å². The summed E-state index contributed by atoms with van der Waals surface area (Å²) < 4.78 is 4.91. The van der Waals surface area contributed by atoms with E-state index in [0.717, 1.165) is 12.1 Å². The number of hydrogen-bond acceptors (Lipinski definition) is 4. The molecule has 1 rings (SSSR count). The maximum Gasteiger partial charge on any atom is 0.187 e. The SMILES string of the molecule is CC/C(=N/NC(=S)NCCOC)c1cccs1. The van der Waals surface area contributed by atoms with E-state index < -0.39 is 0 Å². The lowest BCUT2D eigenvalue weighted by molar-refractivity contribution is 0.204. The quantitative estimate of drug-likeness (QED) is 0.359. The van der Waals surface area contributed by atoms with Gasteiger partial charge in [0, 0.05) is 13.7 Å². The van der Waals surface area contributed by atoms with E-state index in [1.165, 1.54) is 4.88 Å². The molecule has 1 heterocycles. The number of nitrogens with one attached hydrogen (secondary N) is 2. The number of hydrogen-bond donors (Lipinski definition) is 2. The molecule has 1 aromatic heterocycles. The lowest BCUT2D eigenvalue weighted by Gasteiger charge is -2.07. The molecule has 0 saturated heterocycles. The topological polar surface area (TPSA) is 45.7 Å². The van der Waals surface area contributed by atoms with Crippen LogP contribution in [0.1, 0.15) is 18.2 Å². The van der Waals surface area contributed by atoms with E-state index in [2.05, 4.69) is 28.8 Å². The summed E-state index contributed by atoms with van der Waals surface area (Å²) in [7, 11) is 1.66. The third-order valence-corrected chi connectivity index (χ3v) is 3.18. The molecule has 4 nitrogen and oxygen atoms in total. The second-order valence-electron chi connectivity index (χ2n) is 3.25. The third-order valence-electron chi connectivity index (χ3n) is 2.02. The number of thiocarbonyl (C=S) groups is 1. The largest absolute Gasteiger partial charge is 0.383 e. The van der Waals surface area contributed by atoms with Gasteiger partial charge in [-0.15, -0.1) is 11.3 Å². The standard InChI is InChI=1S/C11H17N3OS2/c1-3-9(10-5-4-8-17-10)13-14-11(16)12-6-7-15-2/h4-5,8H,3,6-7H2,1-2H3,(H2,12,14,16)/b13-9-. The number of rotatable bonds is 6. The van der Waals surface area contributed by atoms with Gasteiger partial charge in [-0.3, -0.25) is 5.43 Å². The number of thiophene rings is 1. The molecule has 17 heavy (non-hydrogen) atoms. The molecule has 0 aliphatic carbocycles. The number of hydrazone groups is 1. The highest BCUT2D eigenvalue weighted by molar-refractivity contribution is 7.80. The minimum absolute atomic E-state index is 0.518. The van der Waals surface area contributed by atoms with Crippen LogP contribution in [0.25, 0.3) is 0 Å². The van der Waals surface area contributed by atoms with Crippen LogP contribution in [-0.2, 0) is 4.74 Å². The van der Waals surface area contributed by atoms with Crippen LogP contribution >= 0.6 is 23.6 Å². The molecule has 6 heteroatoms. The monoisotopic (exact) mass is 271 g/mol. The number of nitrogens with zero attached hydrogens (tertiary/aromatic N) is 1. The van der Waals surface area contributed by atoms with Gasteiger partial charge in [0.1, 0.15) is 0 Å². The van der Waals surface area contributed by atoms with Crippen molar-refractivity contribution in [1.29, 1.82) is 0 Å². The van der Waals surface area contributed by atoms with E-state index >= 15 is 0 Å². The molecule has 0 fully saturated rings. The Kier molecular flexibility index (Phi) is 6.76. The first-order valence-electron chi connectivity index (χ1n) is 5.41. The maximum atomic E-state index is 5.08. The molecule has 0 amide bonds. The van der Waals surface area contributed by atoms with Crippen molar-refractivity contribution < 1.29 is 4.74 Å². The minimum atomic E-state index is 0.518. The Morgan fingerprint density at radius 3 is 3.00 bits per heavy atom. The Hall–Kier alpha value is -0.980. The Labute approximate surface area is 111 Å². The molecular weight excluding hydrogens is 254 g/mol. The Balaban J connectivity index is 2.42. The van der Waals surface area contributed by atoms with Gasteiger partial charge in [-0.2, -0.15) is 5.10 Å². The van der Waals surface area contributed by atoms with Gasteiger partial charge < -0.3 is 10.1 Å². The average molecular weight is 271 g/mol. The molecule has 94 valence electrons. The summed E-state index contributed by atoms with van der Waals surface area (Å²) in [5.41, 5.74) is 3.85. The van der Waals surface area contributed by atoms with Crippen molar-refractivity contribution in [2.24, 2.45) is 5.10 Å². The van der Waals surface area contributed by atoms with Crippen LogP contribution < -0.4 is 10.7 Å². The molecule has 0 saturated carbocycles. The van der Waals surface area contributed by atoms with Gasteiger partial charge in [0.15, 0.2) is 5.11 Å². The van der Waals surface area contributed by atoms with Gasteiger partial charge in [-0.25, -0.2) is 0 Å². The normalized spacial score (nSPS) is 11.3. The molecule has 1 aromatic rings. The summed E-state index contributed by atoms with van der Waals surface area (Å²) in [4.78, 5) is 1.17. The van der Waals surface area contributed by atoms with E-state index in [1.807, 2.05) is 11.4 Å². The lowest BCUT2D eigenvalue weighted by atomic mass is 10.2. The summed E-state index contributed by atoms with van der Waals surface area (Å²) in [6.45, 7) is 3.37. The van der Waals surface area contributed by atoms with E-state index in [-0.39, 0.29) is 0 Å². The average Bonchev–Trinajstić information content (AvgIpc) is 2.84. The van der Waals surface area contributed by atoms with E-state index in [1.54, 1.807) is 18.4 Å². The molecule has 0 spiro atoms. The smallest absolute Gasteiger partial charge is 0.187 e. The number of methoxy groups -OCH3 is 1. The summed E-state index contributed by atoms with van der Waals surface area (Å²) >= 11 is 6.76. The maximum absolute atomic E-state index is 5.08. The van der Waals surface area contributed by atoms with Crippen LogP contribution in [-0.4, -0.2) is 31.1 Å². The highest BCUT2D eigenvalue weighted by atomic mass is 32.1. The van der Waals surface area contributed by atoms with Crippen molar-refractivity contribution in [2.75, 3.05) is 20.3 Å². The molecule has 0 atom stereocenters. The first-order valence-corrected chi connectivity index (χ1v) is 6.70. The van der Waals surface area contributed by atoms with Crippen LogP contribution in [0.2, 0.25) is 0 Å². The van der Waals surface area contributed by atoms with Gasteiger partial charge in [-0.05, 0) is 30.1 Å². The number of ether oxygens (including phenoxy) is 1. The molecule has 0 radical (unpaired) electrons. The zero-order chi connectivity index (χ0) is 12.5. The molecule has 0 aromatic carbocycles. The molecule has 0 aliphatic rings. The van der Waals surface area contributed by atoms with Gasteiger partial charge in [0.2, 0.25) is 0 Å². The van der Waals surface area contributed by atoms with Crippen molar-refractivity contribution in [3.8, 4) is 0 Å². The fourth-order valence-electron chi connectivity index (χ4n) is 1.18. The van der Waals surface area contributed by atoms with E-state index in [4.69, 9.17) is 17.0 Å². The van der Waals surface area contributed by atoms with Crippen molar-refractivity contribution in [1.82, 2.24) is 10.7 Å². The highest BCUT2D eigenvalue weighted by Crippen LogP contribution is 2.11. The Bertz CT molecular complexity index is 363. The van der Waals surface area contributed by atoms with Crippen molar-refractivity contribution in [3.05, 3.63) is 22.4 Å². The molecule has 0 unspecified atom stereocenters. The van der Waals surface area contributed by atoms with Crippen LogP contribution in [0.5, 0.6) is 0 Å². The minimum Gasteiger partial charge on any atom is -0.383 e. The van der Waals surface area contributed by atoms with E-state index in [9.17, 15) is 0 Å². The second kappa shape index (κ2) is 8.16. The van der Waals surface area contributed by atoms with Gasteiger partial charge in [0.25, 0.3) is 0 Å². The molecule has 0 bridgehead atoms. The second-order valence-corrected chi connectivity index (χ2v) is 4.61. The van der Waals surface area contributed by atoms with Crippen LogP contribution in [0, 0.1) is 0 Å². The summed E-state index contributed by atoms with van der Waals surface area (Å²) in [6, 6.07) is 4.07. The zero-order valence-corrected chi connectivity index (χ0v) is 11.7. The van der Waals surface area contributed by atoms with Gasteiger partial charge >= 0.3 is 0 Å². The Morgan fingerprint density at radius 2 is 2.41 bits per heavy atom. The predicted octanol–water partition coefficient (Wildman–Crippen LogP) is 1.97. The van der Waals surface area contributed by atoms with Crippen molar-refractivity contribution in [2.45, 2.75) is 13.3 Å². The lowest BCUT2D eigenvalue weighted by Crippen LogP contribution is -2.34. The van der Waals surface area contributed by atoms with E-state index in [0.29, 0.717) is 18.3 Å². The molecular formula is C11H17N3OS2. The van der Waals surface area contributed by atoms with Gasteiger partial charge in [0.05, 0.1) is 17.2 Å². The van der Waals surface area contributed by atoms with Crippen LogP contribution in [0.3, 0.4) is 0 Å².